The van der Waals surface area contributed by atoms with Crippen LogP contribution in [0.15, 0.2) is 126 Å². The van der Waals surface area contributed by atoms with Crippen molar-refractivity contribution in [2.75, 3.05) is 25.5 Å². The molecule has 1 saturated heterocycles. The number of pyridine rings is 1. The largest absolute Gasteiger partial charge is 0.497 e. The van der Waals surface area contributed by atoms with Gasteiger partial charge < -0.3 is 25.0 Å². The van der Waals surface area contributed by atoms with Gasteiger partial charge >= 0.3 is 0 Å². The van der Waals surface area contributed by atoms with Gasteiger partial charge in [-0.1, -0.05) is 91.4 Å². The van der Waals surface area contributed by atoms with Crippen molar-refractivity contribution in [3.05, 3.63) is 127 Å². The molecular weight excluding hydrogens is 767 g/mol. The molecule has 59 heavy (non-hydrogen) atoms. The minimum absolute atomic E-state index is 0.0517. The zero-order valence-electron chi connectivity index (χ0n) is 32.8. The number of fused-ring (bicyclic) bond motifs is 3. The Morgan fingerprint density at radius 1 is 0.932 bits per heavy atom. The van der Waals surface area contributed by atoms with E-state index in [0.29, 0.717) is 34.9 Å². The van der Waals surface area contributed by atoms with Crippen LogP contribution in [0.3, 0.4) is 0 Å². The van der Waals surface area contributed by atoms with E-state index in [1.807, 2.05) is 97.1 Å². The summed E-state index contributed by atoms with van der Waals surface area (Å²) in [4.78, 5) is 49.3. The van der Waals surface area contributed by atoms with Crippen LogP contribution < -0.4 is 24.8 Å². The number of nitrogens with zero attached hydrogens (tertiary/aromatic N) is 2. The summed E-state index contributed by atoms with van der Waals surface area (Å²) >= 11 is 0. The number of carbonyl (C=O) groups excluding carboxylic acids is 3. The van der Waals surface area contributed by atoms with E-state index in [0.717, 1.165) is 42.2 Å². The maximum absolute atomic E-state index is 14.6. The van der Waals surface area contributed by atoms with E-state index < -0.39 is 45.4 Å². The average molecular weight is 814 g/mol. The van der Waals surface area contributed by atoms with Crippen LogP contribution in [0, 0.1) is 5.92 Å². The number of para-hydroxylation sites is 1. The van der Waals surface area contributed by atoms with Crippen LogP contribution in [-0.4, -0.2) is 73.9 Å². The molecule has 5 aromatic rings. The van der Waals surface area contributed by atoms with Gasteiger partial charge in [-0.2, -0.15) is 0 Å². The van der Waals surface area contributed by atoms with Crippen molar-refractivity contribution >= 4 is 44.3 Å². The molecule has 12 nitrogen and oxygen atoms in total. The number of rotatable bonds is 8. The van der Waals surface area contributed by atoms with E-state index in [-0.39, 0.29) is 36.6 Å². The number of hydrogen-bond donors (Lipinski definition) is 3. The predicted octanol–water partition coefficient (Wildman–Crippen LogP) is 6.42. The molecule has 0 spiro atoms. The normalized spacial score (nSPS) is 23.2. The van der Waals surface area contributed by atoms with Crippen molar-refractivity contribution in [2.45, 2.75) is 67.5 Å². The Morgan fingerprint density at radius 3 is 2.49 bits per heavy atom. The van der Waals surface area contributed by atoms with E-state index in [4.69, 9.17) is 14.5 Å². The van der Waals surface area contributed by atoms with E-state index in [1.54, 1.807) is 25.3 Å². The van der Waals surface area contributed by atoms with Gasteiger partial charge in [-0.15, -0.1) is 0 Å². The first kappa shape index (κ1) is 39.6. The van der Waals surface area contributed by atoms with Crippen LogP contribution in [0.1, 0.15) is 44.1 Å². The Labute approximate surface area is 344 Å². The summed E-state index contributed by atoms with van der Waals surface area (Å²) in [6.45, 7) is 0.684. The van der Waals surface area contributed by atoms with Crippen molar-refractivity contribution in [1.29, 1.82) is 0 Å². The lowest BCUT2D eigenvalue weighted by Gasteiger charge is -2.26. The number of hydrogen-bond acceptors (Lipinski definition) is 9. The van der Waals surface area contributed by atoms with Gasteiger partial charge in [-0.05, 0) is 55.5 Å². The molecule has 304 valence electrons. The fourth-order valence-electron chi connectivity index (χ4n) is 8.06. The fourth-order valence-corrected chi connectivity index (χ4v) is 9.29. The molecule has 3 amide bonds. The van der Waals surface area contributed by atoms with Gasteiger partial charge in [0.15, 0.2) is 0 Å². The lowest BCUT2D eigenvalue weighted by atomic mass is 10.1. The van der Waals surface area contributed by atoms with E-state index in [9.17, 15) is 22.8 Å². The topological polar surface area (TPSA) is 156 Å². The summed E-state index contributed by atoms with van der Waals surface area (Å²) in [6.07, 6.45) is 7.15. The highest BCUT2D eigenvalue weighted by Gasteiger charge is 2.61. The maximum atomic E-state index is 14.6. The molecule has 0 bridgehead atoms. The number of aromatic nitrogens is 1. The second kappa shape index (κ2) is 16.9. The molecule has 1 aliphatic carbocycles. The number of ether oxygens (including phenoxy) is 2. The van der Waals surface area contributed by atoms with Crippen LogP contribution in [-0.2, 0) is 30.8 Å². The van der Waals surface area contributed by atoms with Crippen LogP contribution in [0.2, 0.25) is 0 Å². The first-order valence-electron chi connectivity index (χ1n) is 20.1. The number of nitrogens with one attached hydrogen (secondary N) is 3. The molecule has 3 heterocycles. The third kappa shape index (κ3) is 8.66. The van der Waals surface area contributed by atoms with E-state index >= 15 is 0 Å². The highest BCUT2D eigenvalue weighted by atomic mass is 32.2. The Kier molecular flexibility index (Phi) is 11.4. The van der Waals surface area contributed by atoms with Gasteiger partial charge in [0, 0.05) is 42.0 Å². The smallest absolute Gasteiger partial charge is 0.266 e. The summed E-state index contributed by atoms with van der Waals surface area (Å²) in [5.41, 5.74) is 1.86. The first-order chi connectivity index (χ1) is 28.6. The van der Waals surface area contributed by atoms with Crippen LogP contribution >= 0.6 is 0 Å². The average Bonchev–Trinajstić information content (AvgIpc) is 3.78. The van der Waals surface area contributed by atoms with Crippen molar-refractivity contribution in [2.24, 2.45) is 5.92 Å². The molecule has 4 atom stereocenters. The fraction of sp³-hybridized carbons (Fsp3) is 0.304. The number of carbonyl (C=O) groups is 3. The molecule has 8 rings (SSSR count). The number of methoxy groups -OCH3 is 1. The molecule has 3 N–H and O–H groups in total. The zero-order valence-corrected chi connectivity index (χ0v) is 33.6. The minimum Gasteiger partial charge on any atom is -0.497 e. The van der Waals surface area contributed by atoms with Crippen LogP contribution in [0.5, 0.6) is 11.5 Å². The third-order valence-corrected chi connectivity index (χ3v) is 12.7. The summed E-state index contributed by atoms with van der Waals surface area (Å²) in [5, 5.41) is 6.91. The first-order valence-corrected chi connectivity index (χ1v) is 21.5. The summed E-state index contributed by atoms with van der Waals surface area (Å²) in [7, 11) is -2.74. The summed E-state index contributed by atoms with van der Waals surface area (Å²) in [5.74, 6) is -0.945. The molecule has 1 saturated carbocycles. The Balaban J connectivity index is 1.10. The highest BCUT2D eigenvalue weighted by Crippen LogP contribution is 2.46. The van der Waals surface area contributed by atoms with Crippen molar-refractivity contribution in [3.63, 3.8) is 0 Å². The van der Waals surface area contributed by atoms with Crippen molar-refractivity contribution in [3.8, 4) is 22.8 Å². The van der Waals surface area contributed by atoms with E-state index in [1.165, 1.54) is 11.0 Å². The second-order valence-corrected chi connectivity index (χ2v) is 17.0. The monoisotopic (exact) mass is 813 g/mol. The molecule has 3 aliphatic rings. The van der Waals surface area contributed by atoms with Crippen molar-refractivity contribution < 1.29 is 32.3 Å². The highest BCUT2D eigenvalue weighted by molar-refractivity contribution is 7.90. The molecule has 0 radical (unpaired) electrons. The lowest BCUT2D eigenvalue weighted by Crippen LogP contribution is -2.56. The Bertz CT molecular complexity index is 2500. The Morgan fingerprint density at radius 2 is 1.69 bits per heavy atom. The van der Waals surface area contributed by atoms with Gasteiger partial charge in [0.2, 0.25) is 11.8 Å². The van der Waals surface area contributed by atoms with Gasteiger partial charge in [-0.25, -0.2) is 18.1 Å². The standard InChI is InChI=1S/C46H47N5O7S/c1-57-34-22-23-36-39(26-34)48-38(32-17-9-6-10-18-32)28-41(36)58-35-27-40(51(30-35)43(52)25-31-15-7-5-8-16-31)44(53)49-46-29-33(46)19-11-3-2-4-14-24-47-37-20-12-13-21-42(37)59(55,56)50-45(46)54/h5-13,15-23,26,28,33,35,40,47H,2-4,14,24-25,27,29-30H2,1H3,(H,49,53)(H,50,54)/b19-11-/t33-,35-,40+,46-/m1/s1. The molecule has 1 aromatic heterocycles. The minimum atomic E-state index is -4.33. The SMILES string of the molecule is COc1ccc2c(O[C@@H]3C[C@@H](C(=O)N[C@]45C[C@H]4/C=C\CCCCCNc4ccccc4S(=O)(=O)NC5=O)N(C(=O)Cc4ccccc4)C3)cc(-c3ccccc3)nc2c1. The molecule has 13 heteroatoms. The third-order valence-electron chi connectivity index (χ3n) is 11.3. The summed E-state index contributed by atoms with van der Waals surface area (Å²) < 4.78 is 42.1. The number of anilines is 1. The molecule has 4 aromatic carbocycles. The van der Waals surface area contributed by atoms with Crippen LogP contribution in [0.4, 0.5) is 5.69 Å². The molecule has 2 aliphatic heterocycles. The summed E-state index contributed by atoms with van der Waals surface area (Å²) in [6, 6.07) is 31.9. The van der Waals surface area contributed by atoms with Gasteiger partial charge in [-0.3, -0.25) is 14.4 Å². The molecule has 0 unspecified atom stereocenters. The quantitative estimate of drug-likeness (QED) is 0.151. The lowest BCUT2D eigenvalue weighted by molar-refractivity contribution is -0.139. The second-order valence-electron chi connectivity index (χ2n) is 15.4. The number of amides is 3. The van der Waals surface area contributed by atoms with Gasteiger partial charge in [0.1, 0.15) is 34.1 Å². The molecular formula is C46H47N5O7S. The van der Waals surface area contributed by atoms with Gasteiger partial charge in [0.05, 0.1) is 37.0 Å². The number of likely N-dealkylation sites (tertiary alicyclic amines) is 1. The van der Waals surface area contributed by atoms with Gasteiger partial charge in [0.25, 0.3) is 15.9 Å². The number of benzene rings is 4. The van der Waals surface area contributed by atoms with Crippen LogP contribution in [0.25, 0.3) is 22.2 Å². The number of allylic oxidation sites excluding steroid dienone is 1. The molecule has 2 fully saturated rings. The predicted molar refractivity (Wildman–Crippen MR) is 225 cm³/mol. The zero-order chi connectivity index (χ0) is 41.0. The van der Waals surface area contributed by atoms with E-state index in [2.05, 4.69) is 15.4 Å². The van der Waals surface area contributed by atoms with Crippen molar-refractivity contribution in [1.82, 2.24) is 19.9 Å². The number of sulfonamides is 1. The Hall–Kier alpha value is -6.21. The maximum Gasteiger partial charge on any atom is 0.266 e.